The Balaban J connectivity index is 2.08. The van der Waals surface area contributed by atoms with Gasteiger partial charge >= 0.3 is 0 Å². The summed E-state index contributed by atoms with van der Waals surface area (Å²) in [5, 5.41) is 15.0. The van der Waals surface area contributed by atoms with Gasteiger partial charge in [-0.25, -0.2) is 0 Å². The van der Waals surface area contributed by atoms with Crippen LogP contribution >= 0.6 is 0 Å². The first-order valence-electron chi connectivity index (χ1n) is 6.30. The van der Waals surface area contributed by atoms with Gasteiger partial charge < -0.3 is 9.84 Å². The first-order chi connectivity index (χ1) is 7.95. The molecule has 4 heteroatoms. The maximum absolute atomic E-state index is 10.7. The monoisotopic (exact) mass is 238 g/mol. The van der Waals surface area contributed by atoms with Gasteiger partial charge in [-0.05, 0) is 19.4 Å². The fourth-order valence-corrected chi connectivity index (χ4v) is 2.60. The maximum atomic E-state index is 10.7. The number of aryl methyl sites for hydroxylation is 1. The standard InChI is InChI=1S/C13H22N2O2/c1-4-12(2)10-13(16,6-8-17-12)9-11-5-7-15(3)14-11/h5,7,16H,4,6,8-10H2,1-3H3. The van der Waals surface area contributed by atoms with Crippen molar-refractivity contribution in [2.24, 2.45) is 7.05 Å². The van der Waals surface area contributed by atoms with E-state index in [1.54, 1.807) is 4.68 Å². The largest absolute Gasteiger partial charge is 0.389 e. The molecule has 0 bridgehead atoms. The number of rotatable bonds is 3. The van der Waals surface area contributed by atoms with Crippen LogP contribution in [0.2, 0.25) is 0 Å². The molecule has 0 aliphatic carbocycles. The molecule has 1 saturated heterocycles. The molecule has 0 saturated carbocycles. The molecule has 1 fully saturated rings. The molecule has 2 atom stereocenters. The summed E-state index contributed by atoms with van der Waals surface area (Å²) in [6.45, 7) is 4.82. The molecule has 1 N–H and O–H groups in total. The fourth-order valence-electron chi connectivity index (χ4n) is 2.60. The molecule has 17 heavy (non-hydrogen) atoms. The highest BCUT2D eigenvalue weighted by molar-refractivity contribution is 5.06. The molecule has 2 rings (SSSR count). The summed E-state index contributed by atoms with van der Waals surface area (Å²) >= 11 is 0. The average Bonchev–Trinajstić information content (AvgIpc) is 2.63. The number of aliphatic hydroxyl groups is 1. The van der Waals surface area contributed by atoms with E-state index in [4.69, 9.17) is 4.74 Å². The van der Waals surface area contributed by atoms with Crippen molar-refractivity contribution in [3.63, 3.8) is 0 Å². The van der Waals surface area contributed by atoms with Gasteiger partial charge in [0, 0.05) is 32.5 Å². The van der Waals surface area contributed by atoms with Crippen LogP contribution in [0.3, 0.4) is 0 Å². The lowest BCUT2D eigenvalue weighted by Gasteiger charge is -2.43. The molecule has 0 aromatic carbocycles. The zero-order chi connectivity index (χ0) is 12.5. The second-order valence-corrected chi connectivity index (χ2v) is 5.46. The van der Waals surface area contributed by atoms with Crippen molar-refractivity contribution in [2.45, 2.75) is 50.7 Å². The van der Waals surface area contributed by atoms with E-state index in [0.29, 0.717) is 25.9 Å². The minimum Gasteiger partial charge on any atom is -0.389 e. The molecule has 2 unspecified atom stereocenters. The summed E-state index contributed by atoms with van der Waals surface area (Å²) in [7, 11) is 1.90. The summed E-state index contributed by atoms with van der Waals surface area (Å²) in [6, 6.07) is 1.97. The highest BCUT2D eigenvalue weighted by atomic mass is 16.5. The van der Waals surface area contributed by atoms with Crippen LogP contribution in [0.1, 0.15) is 38.8 Å². The quantitative estimate of drug-likeness (QED) is 0.871. The van der Waals surface area contributed by atoms with Crippen LogP contribution < -0.4 is 0 Å². The number of hydrogen-bond acceptors (Lipinski definition) is 3. The van der Waals surface area contributed by atoms with E-state index in [0.717, 1.165) is 12.1 Å². The molecule has 0 amide bonds. The lowest BCUT2D eigenvalue weighted by molar-refractivity contribution is -0.153. The maximum Gasteiger partial charge on any atom is 0.0752 e. The zero-order valence-electron chi connectivity index (χ0n) is 10.9. The smallest absolute Gasteiger partial charge is 0.0752 e. The van der Waals surface area contributed by atoms with Gasteiger partial charge in [-0.2, -0.15) is 5.10 Å². The van der Waals surface area contributed by atoms with Gasteiger partial charge in [0.25, 0.3) is 0 Å². The molecule has 0 spiro atoms. The van der Waals surface area contributed by atoms with Crippen LogP contribution in [-0.4, -0.2) is 32.7 Å². The SMILES string of the molecule is CCC1(C)CC(O)(Cc2ccn(C)n2)CCO1. The van der Waals surface area contributed by atoms with Crippen LogP contribution in [0.5, 0.6) is 0 Å². The van der Waals surface area contributed by atoms with E-state index in [9.17, 15) is 5.11 Å². The average molecular weight is 238 g/mol. The number of nitrogens with zero attached hydrogens (tertiary/aromatic N) is 2. The molecule has 1 aromatic rings. The van der Waals surface area contributed by atoms with Gasteiger partial charge in [0.05, 0.1) is 23.5 Å². The van der Waals surface area contributed by atoms with E-state index < -0.39 is 5.60 Å². The summed E-state index contributed by atoms with van der Waals surface area (Å²) in [5.74, 6) is 0. The molecular formula is C13H22N2O2. The molecule has 1 aromatic heterocycles. The zero-order valence-corrected chi connectivity index (χ0v) is 10.9. The molecule has 96 valence electrons. The van der Waals surface area contributed by atoms with Crippen molar-refractivity contribution < 1.29 is 9.84 Å². The van der Waals surface area contributed by atoms with Gasteiger partial charge in [0.2, 0.25) is 0 Å². The van der Waals surface area contributed by atoms with Crippen LogP contribution in [-0.2, 0) is 18.2 Å². The van der Waals surface area contributed by atoms with Gasteiger partial charge in [-0.15, -0.1) is 0 Å². The Kier molecular flexibility index (Phi) is 3.27. The summed E-state index contributed by atoms with van der Waals surface area (Å²) in [6.07, 6.45) is 4.84. The van der Waals surface area contributed by atoms with Crippen molar-refractivity contribution in [3.05, 3.63) is 18.0 Å². The van der Waals surface area contributed by atoms with E-state index in [1.807, 2.05) is 19.3 Å². The second-order valence-electron chi connectivity index (χ2n) is 5.46. The minimum atomic E-state index is -0.669. The van der Waals surface area contributed by atoms with Crippen molar-refractivity contribution in [3.8, 4) is 0 Å². The van der Waals surface area contributed by atoms with Gasteiger partial charge in [-0.1, -0.05) is 6.92 Å². The van der Waals surface area contributed by atoms with E-state index in [2.05, 4.69) is 18.9 Å². The van der Waals surface area contributed by atoms with Crippen LogP contribution in [0.25, 0.3) is 0 Å². The van der Waals surface area contributed by atoms with E-state index in [1.165, 1.54) is 0 Å². The lowest BCUT2D eigenvalue weighted by Crippen LogP contribution is -2.48. The Morgan fingerprint density at radius 2 is 2.35 bits per heavy atom. The minimum absolute atomic E-state index is 0.193. The fraction of sp³-hybridized carbons (Fsp3) is 0.769. The van der Waals surface area contributed by atoms with Gasteiger partial charge in [-0.3, -0.25) is 4.68 Å². The predicted octanol–water partition coefficient (Wildman–Crippen LogP) is 1.67. The molecule has 2 heterocycles. The summed E-state index contributed by atoms with van der Waals surface area (Å²) in [4.78, 5) is 0. The van der Waals surface area contributed by atoms with Crippen molar-refractivity contribution in [1.82, 2.24) is 9.78 Å². The number of ether oxygens (including phenoxy) is 1. The first kappa shape index (κ1) is 12.6. The summed E-state index contributed by atoms with van der Waals surface area (Å²) in [5.41, 5.74) is 0.0921. The Hall–Kier alpha value is -0.870. The Morgan fingerprint density at radius 1 is 1.59 bits per heavy atom. The number of hydrogen-bond donors (Lipinski definition) is 1. The Labute approximate surface area is 103 Å². The van der Waals surface area contributed by atoms with Gasteiger partial charge in [0.1, 0.15) is 0 Å². The highest BCUT2D eigenvalue weighted by Gasteiger charge is 2.41. The number of aromatic nitrogens is 2. The van der Waals surface area contributed by atoms with Crippen molar-refractivity contribution >= 4 is 0 Å². The van der Waals surface area contributed by atoms with Crippen LogP contribution in [0.4, 0.5) is 0 Å². The summed E-state index contributed by atoms with van der Waals surface area (Å²) < 4.78 is 7.54. The Morgan fingerprint density at radius 3 is 2.94 bits per heavy atom. The first-order valence-corrected chi connectivity index (χ1v) is 6.30. The molecule has 0 radical (unpaired) electrons. The third-order valence-corrected chi connectivity index (χ3v) is 3.75. The third-order valence-electron chi connectivity index (χ3n) is 3.75. The van der Waals surface area contributed by atoms with Gasteiger partial charge in [0.15, 0.2) is 0 Å². The molecule has 1 aliphatic rings. The van der Waals surface area contributed by atoms with Crippen molar-refractivity contribution in [1.29, 1.82) is 0 Å². The molecular weight excluding hydrogens is 216 g/mol. The lowest BCUT2D eigenvalue weighted by atomic mass is 9.79. The van der Waals surface area contributed by atoms with E-state index >= 15 is 0 Å². The Bertz CT molecular complexity index is 391. The van der Waals surface area contributed by atoms with Crippen LogP contribution in [0, 0.1) is 0 Å². The predicted molar refractivity (Wildman–Crippen MR) is 65.7 cm³/mol. The third kappa shape index (κ3) is 2.87. The second kappa shape index (κ2) is 4.42. The topological polar surface area (TPSA) is 47.3 Å². The molecule has 1 aliphatic heterocycles. The van der Waals surface area contributed by atoms with Crippen molar-refractivity contribution in [2.75, 3.05) is 6.61 Å². The normalized spacial score (nSPS) is 33.9. The highest BCUT2D eigenvalue weighted by Crippen LogP contribution is 2.36. The van der Waals surface area contributed by atoms with Crippen LogP contribution in [0.15, 0.2) is 12.3 Å². The van der Waals surface area contributed by atoms with E-state index in [-0.39, 0.29) is 5.60 Å². The molecule has 4 nitrogen and oxygen atoms in total.